The minimum Gasteiger partial charge on any atom is -0.550 e. The molecule has 0 unspecified atom stereocenters. The summed E-state index contributed by atoms with van der Waals surface area (Å²) >= 11 is 0. The van der Waals surface area contributed by atoms with Crippen molar-refractivity contribution in [1.82, 2.24) is 9.97 Å². The molecule has 4 amide bonds. The van der Waals surface area contributed by atoms with Crippen LogP contribution in [-0.4, -0.2) is 95.0 Å². The van der Waals surface area contributed by atoms with Crippen molar-refractivity contribution >= 4 is 103 Å². The van der Waals surface area contributed by atoms with Gasteiger partial charge in [0, 0.05) is 82.1 Å². The second-order valence-corrected chi connectivity index (χ2v) is 22.4. The molecule has 0 aliphatic heterocycles. The second-order valence-electron chi connectivity index (χ2n) is 22.4. The van der Waals surface area contributed by atoms with Gasteiger partial charge in [0.15, 0.2) is 46.1 Å². The van der Waals surface area contributed by atoms with Crippen LogP contribution in [0.5, 0.6) is 46.0 Å². The van der Waals surface area contributed by atoms with E-state index in [2.05, 4.69) is 31.2 Å². The molecule has 4 N–H and O–H groups in total. The third kappa shape index (κ3) is 19.2. The smallest absolute Gasteiger partial charge is 0.550 e. The fourth-order valence-corrected chi connectivity index (χ4v) is 10.0. The zero-order chi connectivity index (χ0) is 66.8. The van der Waals surface area contributed by atoms with E-state index in [1.54, 1.807) is 36.4 Å². The second kappa shape index (κ2) is 33.4. The van der Waals surface area contributed by atoms with Gasteiger partial charge in [-0.25, -0.2) is 17.6 Å². The van der Waals surface area contributed by atoms with Gasteiger partial charge in [0.1, 0.15) is 34.0 Å². The Balaban J connectivity index is 0.000000241. The summed E-state index contributed by atoms with van der Waals surface area (Å²) in [6.07, 6.45) is 10.2. The number of amides is 4. The Morgan fingerprint density at radius 1 is 0.411 bits per heavy atom. The van der Waals surface area contributed by atoms with E-state index in [1.807, 2.05) is 13.8 Å². The number of pyridine rings is 2. The van der Waals surface area contributed by atoms with Crippen molar-refractivity contribution in [2.45, 2.75) is 104 Å². The van der Waals surface area contributed by atoms with Crippen molar-refractivity contribution < 1.29 is 85.0 Å². The number of carboxylic acid groups (broad SMARTS) is 2. The number of nitrogens with zero attached hydrogens (tertiary/aromatic N) is 2. The SMILES string of the molecule is CCOc1cc2c(Oc3ccc(NC(=O)C4(C(=O)Nc5ccc(F)cc5)CC4)cc3F)ccnc2cc1OCCCCCCC(=O)[O-].CCOc1cc2c(Oc3ccc(NC(=O)C4(C(=O)Nc5ccc(F)cc5)CC4)cc3F)ccnc2cc1OCCCCCCC(=O)[O-].[Mg+2]. The van der Waals surface area contributed by atoms with Gasteiger partial charge in [-0.2, -0.15) is 0 Å². The van der Waals surface area contributed by atoms with Crippen molar-refractivity contribution in [3.63, 3.8) is 0 Å². The molecule has 2 heterocycles. The molecule has 2 aromatic heterocycles. The number of aromatic nitrogens is 2. The maximum Gasteiger partial charge on any atom is 2.00 e. The summed E-state index contributed by atoms with van der Waals surface area (Å²) in [5.74, 6) is -4.27. The largest absolute Gasteiger partial charge is 2.00 e. The molecule has 492 valence electrons. The summed E-state index contributed by atoms with van der Waals surface area (Å²) in [6, 6.07) is 28.4. The molecule has 0 spiro atoms. The maximum atomic E-state index is 15.3. The third-order valence-corrected chi connectivity index (χ3v) is 15.5. The molecule has 2 fully saturated rings. The summed E-state index contributed by atoms with van der Waals surface area (Å²) in [4.78, 5) is 81.7. The van der Waals surface area contributed by atoms with Crippen LogP contribution in [0.1, 0.15) is 104 Å². The van der Waals surface area contributed by atoms with E-state index < -0.39 is 69.7 Å². The van der Waals surface area contributed by atoms with Gasteiger partial charge in [0.05, 0.1) is 37.5 Å². The first-order chi connectivity index (χ1) is 45.4. The Morgan fingerprint density at radius 3 is 1.08 bits per heavy atom. The molecule has 2 saturated carbocycles. The summed E-state index contributed by atoms with van der Waals surface area (Å²) < 4.78 is 92.3. The van der Waals surface area contributed by atoms with Crippen LogP contribution in [0.3, 0.4) is 0 Å². The average Bonchev–Trinajstić information content (AvgIpc) is 1.68. The summed E-state index contributed by atoms with van der Waals surface area (Å²) in [7, 11) is 0. The Morgan fingerprint density at radius 2 is 0.747 bits per heavy atom. The van der Waals surface area contributed by atoms with E-state index in [-0.39, 0.29) is 58.8 Å². The number of aliphatic carboxylic acids is 2. The number of hydrogen-bond acceptors (Lipinski definition) is 16. The number of hydrogen-bond donors (Lipinski definition) is 4. The molecule has 20 nitrogen and oxygen atoms in total. The first-order valence-corrected chi connectivity index (χ1v) is 30.8. The van der Waals surface area contributed by atoms with Crippen LogP contribution in [0.15, 0.2) is 134 Å². The molecule has 0 saturated heterocycles. The quantitative estimate of drug-likeness (QED) is 0.0132. The number of benzene rings is 6. The predicted molar refractivity (Wildman–Crippen MR) is 342 cm³/mol. The van der Waals surface area contributed by atoms with Crippen LogP contribution in [0.25, 0.3) is 21.8 Å². The van der Waals surface area contributed by atoms with E-state index in [0.717, 1.165) is 50.7 Å². The Bertz CT molecular complexity index is 3790. The summed E-state index contributed by atoms with van der Waals surface area (Å²) in [5, 5.41) is 32.8. The predicted octanol–water partition coefficient (Wildman–Crippen LogP) is 11.9. The average molecular weight is 1320 g/mol. The minimum atomic E-state index is -1.29. The van der Waals surface area contributed by atoms with E-state index in [9.17, 15) is 47.8 Å². The number of fused-ring (bicyclic) bond motifs is 2. The van der Waals surface area contributed by atoms with Crippen molar-refractivity contribution in [1.29, 1.82) is 0 Å². The first kappa shape index (κ1) is 71.1. The van der Waals surface area contributed by atoms with Crippen molar-refractivity contribution in [2.75, 3.05) is 47.7 Å². The van der Waals surface area contributed by atoms with Gasteiger partial charge in [-0.1, -0.05) is 25.7 Å². The Labute approximate surface area is 560 Å². The van der Waals surface area contributed by atoms with Gasteiger partial charge < -0.3 is 69.5 Å². The molecule has 0 bridgehead atoms. The van der Waals surface area contributed by atoms with Crippen LogP contribution >= 0.6 is 0 Å². The Hall–Kier alpha value is -9.75. The number of carbonyl (C=O) groups is 6. The zero-order valence-corrected chi connectivity index (χ0v) is 53.7. The molecule has 0 radical (unpaired) electrons. The van der Waals surface area contributed by atoms with Gasteiger partial charge in [0.25, 0.3) is 0 Å². The van der Waals surface area contributed by atoms with Crippen LogP contribution in [-0.2, 0) is 28.8 Å². The van der Waals surface area contributed by atoms with Crippen LogP contribution in [0.2, 0.25) is 0 Å². The zero-order valence-electron chi connectivity index (χ0n) is 52.3. The number of anilines is 4. The van der Waals surface area contributed by atoms with E-state index in [0.29, 0.717) is 133 Å². The molecule has 10 rings (SSSR count). The van der Waals surface area contributed by atoms with Crippen LogP contribution in [0.4, 0.5) is 40.3 Å². The summed E-state index contributed by atoms with van der Waals surface area (Å²) in [6.45, 7) is 5.23. The fraction of sp³-hybridized carbons (Fsp3) is 0.314. The van der Waals surface area contributed by atoms with E-state index in [4.69, 9.17) is 28.4 Å². The normalized spacial score (nSPS) is 12.9. The van der Waals surface area contributed by atoms with Crippen LogP contribution < -0.4 is 59.9 Å². The molecule has 2 aliphatic rings. The molecular formula is C70H68F4MgN6O14. The summed E-state index contributed by atoms with van der Waals surface area (Å²) in [5.41, 5.74) is -0.486. The van der Waals surface area contributed by atoms with Gasteiger partial charge >= 0.3 is 23.1 Å². The first-order valence-electron chi connectivity index (χ1n) is 30.8. The number of nitrogens with one attached hydrogen (secondary N) is 4. The number of halogens is 4. The van der Waals surface area contributed by atoms with Gasteiger partial charge in [-0.05, 0) is 175 Å². The van der Waals surface area contributed by atoms with Gasteiger partial charge in [0.2, 0.25) is 23.6 Å². The molecule has 2 aliphatic carbocycles. The van der Waals surface area contributed by atoms with Crippen molar-refractivity contribution in [3.05, 3.63) is 157 Å². The molecule has 0 atom stereocenters. The Kier molecular flexibility index (Phi) is 25.0. The van der Waals surface area contributed by atoms with Gasteiger partial charge in [-0.3, -0.25) is 29.1 Å². The molecular weight excluding hydrogens is 1250 g/mol. The minimum absolute atomic E-state index is 0. The fourth-order valence-electron chi connectivity index (χ4n) is 10.0. The molecule has 6 aromatic carbocycles. The van der Waals surface area contributed by atoms with E-state index >= 15 is 8.78 Å². The number of carboxylic acids is 2. The topological polar surface area (TPSA) is 278 Å². The van der Waals surface area contributed by atoms with Crippen molar-refractivity contribution in [2.24, 2.45) is 10.8 Å². The number of ether oxygens (including phenoxy) is 6. The van der Waals surface area contributed by atoms with Crippen LogP contribution in [0, 0.1) is 34.1 Å². The number of unbranched alkanes of at least 4 members (excludes halogenated alkanes) is 6. The maximum absolute atomic E-state index is 15.3. The number of carbonyl (C=O) groups excluding carboxylic acids is 6. The number of rotatable bonds is 32. The van der Waals surface area contributed by atoms with Crippen molar-refractivity contribution in [3.8, 4) is 46.0 Å². The van der Waals surface area contributed by atoms with E-state index in [1.165, 1.54) is 85.2 Å². The third-order valence-electron chi connectivity index (χ3n) is 15.5. The molecule has 8 aromatic rings. The molecule has 25 heteroatoms. The molecule has 95 heavy (non-hydrogen) atoms. The monoisotopic (exact) mass is 1320 g/mol. The van der Waals surface area contributed by atoms with Gasteiger partial charge in [-0.15, -0.1) is 0 Å². The standard InChI is InChI=1S/2C35H35F2N3O7.Mg/c2*1-2-45-30-20-25-27(21-31(30)46-18-6-4-3-5-7-32(41)42)38-17-14-28(25)47-29-13-12-24(19-26(29)37)40-34(44)35(15-16-35)33(43)39-23-10-8-22(36)9-11-23;/h2*8-14,17,19-21H,2-7,15-16,18H2,1H3,(H,39,43)(H,40,44)(H,41,42);/q;;+2/p-2.